The van der Waals surface area contributed by atoms with Crippen molar-refractivity contribution in [2.45, 2.75) is 39.9 Å². The SMILES string of the molecule is C[C@@H]1C[C@H](C)CN(Cc2ccc(CNC(=O)Cn3ncc4ccccc4c3=O)cc2)C1. The largest absolute Gasteiger partial charge is 0.350 e. The minimum Gasteiger partial charge on any atom is -0.350 e. The topological polar surface area (TPSA) is 67.2 Å². The Morgan fingerprint density at radius 1 is 1.03 bits per heavy atom. The highest BCUT2D eigenvalue weighted by Gasteiger charge is 2.21. The van der Waals surface area contributed by atoms with Crippen LogP contribution >= 0.6 is 0 Å². The van der Waals surface area contributed by atoms with Gasteiger partial charge in [-0.15, -0.1) is 0 Å². The molecular weight excluding hydrogens is 388 g/mol. The fourth-order valence-corrected chi connectivity index (χ4v) is 4.57. The van der Waals surface area contributed by atoms with Gasteiger partial charge in [0.2, 0.25) is 5.91 Å². The molecule has 1 N–H and O–H groups in total. The van der Waals surface area contributed by atoms with E-state index in [1.807, 2.05) is 18.2 Å². The average molecular weight is 419 g/mol. The highest BCUT2D eigenvalue weighted by molar-refractivity contribution is 5.81. The molecule has 0 radical (unpaired) electrons. The molecule has 3 aromatic rings. The lowest BCUT2D eigenvalue weighted by Gasteiger charge is -2.35. The van der Waals surface area contributed by atoms with E-state index < -0.39 is 0 Å². The number of carbonyl (C=O) groups excluding carboxylic acids is 1. The average Bonchev–Trinajstić information content (AvgIpc) is 2.75. The number of nitrogens with one attached hydrogen (secondary N) is 1. The van der Waals surface area contributed by atoms with Crippen molar-refractivity contribution in [2.75, 3.05) is 13.1 Å². The second-order valence-electron chi connectivity index (χ2n) is 8.93. The van der Waals surface area contributed by atoms with Gasteiger partial charge in [-0.3, -0.25) is 14.5 Å². The number of benzene rings is 2. The summed E-state index contributed by atoms with van der Waals surface area (Å²) in [5.74, 6) is 1.27. The van der Waals surface area contributed by atoms with Crippen LogP contribution in [-0.2, 0) is 24.4 Å². The first kappa shape index (κ1) is 21.2. The smallest absolute Gasteiger partial charge is 0.275 e. The van der Waals surface area contributed by atoms with Gasteiger partial charge in [-0.1, -0.05) is 56.3 Å². The van der Waals surface area contributed by atoms with Crippen LogP contribution in [0.5, 0.6) is 0 Å². The summed E-state index contributed by atoms with van der Waals surface area (Å²) in [6.45, 7) is 8.28. The van der Waals surface area contributed by atoms with Crippen molar-refractivity contribution >= 4 is 16.7 Å². The number of amides is 1. The summed E-state index contributed by atoms with van der Waals surface area (Å²) in [4.78, 5) is 27.4. The van der Waals surface area contributed by atoms with Crippen LogP contribution in [0.2, 0.25) is 0 Å². The first-order chi connectivity index (χ1) is 15.0. The maximum Gasteiger partial charge on any atom is 0.275 e. The first-order valence-electron chi connectivity index (χ1n) is 11.0. The Hall–Kier alpha value is -2.99. The third kappa shape index (κ3) is 5.39. The third-order valence-corrected chi connectivity index (χ3v) is 5.92. The molecular formula is C25H30N4O2. The number of rotatable bonds is 6. The monoisotopic (exact) mass is 418 g/mol. The zero-order valence-electron chi connectivity index (χ0n) is 18.3. The van der Waals surface area contributed by atoms with Crippen molar-refractivity contribution in [1.29, 1.82) is 0 Å². The minimum absolute atomic E-state index is 0.0902. The normalized spacial score (nSPS) is 19.4. The molecule has 0 saturated carbocycles. The first-order valence-corrected chi connectivity index (χ1v) is 11.0. The molecule has 31 heavy (non-hydrogen) atoms. The number of nitrogens with zero attached hydrogens (tertiary/aromatic N) is 3. The van der Waals surface area contributed by atoms with Crippen LogP contribution in [0.4, 0.5) is 0 Å². The molecule has 6 nitrogen and oxygen atoms in total. The van der Waals surface area contributed by atoms with Crippen LogP contribution in [0.1, 0.15) is 31.4 Å². The van der Waals surface area contributed by atoms with E-state index in [-0.39, 0.29) is 18.0 Å². The van der Waals surface area contributed by atoms with Gasteiger partial charge >= 0.3 is 0 Å². The number of hydrogen-bond acceptors (Lipinski definition) is 4. The molecule has 1 saturated heterocycles. The minimum atomic E-state index is -0.251. The highest BCUT2D eigenvalue weighted by atomic mass is 16.2. The molecule has 162 valence electrons. The van der Waals surface area contributed by atoms with E-state index in [1.165, 1.54) is 16.7 Å². The summed E-state index contributed by atoms with van der Waals surface area (Å²) in [6, 6.07) is 15.7. The number of carbonyl (C=O) groups is 1. The Balaban J connectivity index is 1.31. The molecule has 2 aromatic carbocycles. The van der Waals surface area contributed by atoms with Crippen molar-refractivity contribution in [1.82, 2.24) is 20.0 Å². The summed E-state index contributed by atoms with van der Waals surface area (Å²) in [5, 5.41) is 8.35. The zero-order valence-corrected chi connectivity index (χ0v) is 18.3. The Morgan fingerprint density at radius 3 is 2.45 bits per heavy atom. The molecule has 0 bridgehead atoms. The molecule has 1 fully saturated rings. The molecule has 0 unspecified atom stereocenters. The van der Waals surface area contributed by atoms with E-state index in [0.717, 1.165) is 42.4 Å². The van der Waals surface area contributed by atoms with Gasteiger partial charge in [-0.05, 0) is 35.4 Å². The molecule has 4 rings (SSSR count). The van der Waals surface area contributed by atoms with E-state index in [2.05, 4.69) is 53.4 Å². The van der Waals surface area contributed by atoms with Gasteiger partial charge < -0.3 is 5.32 Å². The van der Waals surface area contributed by atoms with Crippen molar-refractivity contribution in [3.8, 4) is 0 Å². The van der Waals surface area contributed by atoms with E-state index in [4.69, 9.17) is 0 Å². The molecule has 0 spiro atoms. The van der Waals surface area contributed by atoms with Crippen LogP contribution in [0.3, 0.4) is 0 Å². The molecule has 2 atom stereocenters. The Kier molecular flexibility index (Phi) is 6.47. The molecule has 6 heteroatoms. The second-order valence-corrected chi connectivity index (χ2v) is 8.93. The Morgan fingerprint density at radius 2 is 1.71 bits per heavy atom. The van der Waals surface area contributed by atoms with Gasteiger partial charge in [0.05, 0.1) is 11.6 Å². The second kappa shape index (κ2) is 9.43. The van der Waals surface area contributed by atoms with Gasteiger partial charge in [-0.2, -0.15) is 5.10 Å². The lowest BCUT2D eigenvalue weighted by molar-refractivity contribution is -0.122. The number of fused-ring (bicyclic) bond motifs is 1. The van der Waals surface area contributed by atoms with Crippen LogP contribution in [0.25, 0.3) is 10.8 Å². The van der Waals surface area contributed by atoms with E-state index in [9.17, 15) is 9.59 Å². The van der Waals surface area contributed by atoms with Crippen LogP contribution in [0, 0.1) is 11.8 Å². The van der Waals surface area contributed by atoms with E-state index in [1.54, 1.807) is 12.3 Å². The Labute approximate surface area is 182 Å². The number of piperidine rings is 1. The summed E-state index contributed by atoms with van der Waals surface area (Å²) in [7, 11) is 0. The third-order valence-electron chi connectivity index (χ3n) is 5.92. The van der Waals surface area contributed by atoms with E-state index >= 15 is 0 Å². The van der Waals surface area contributed by atoms with Crippen molar-refractivity contribution in [2.24, 2.45) is 11.8 Å². The van der Waals surface area contributed by atoms with Crippen molar-refractivity contribution in [3.05, 3.63) is 76.2 Å². The molecule has 1 aliphatic heterocycles. The van der Waals surface area contributed by atoms with Gasteiger partial charge in [0.15, 0.2) is 0 Å². The highest BCUT2D eigenvalue weighted by Crippen LogP contribution is 2.22. The van der Waals surface area contributed by atoms with Crippen molar-refractivity contribution in [3.63, 3.8) is 0 Å². The van der Waals surface area contributed by atoms with Crippen molar-refractivity contribution < 1.29 is 4.79 Å². The Bertz CT molecular complexity index is 1100. The molecule has 1 amide bonds. The van der Waals surface area contributed by atoms with Crippen LogP contribution in [-0.4, -0.2) is 33.7 Å². The maximum absolute atomic E-state index is 12.5. The van der Waals surface area contributed by atoms with Gasteiger partial charge in [0, 0.05) is 31.6 Å². The number of likely N-dealkylation sites (tertiary alicyclic amines) is 1. The summed E-state index contributed by atoms with van der Waals surface area (Å²) in [5.41, 5.74) is 2.08. The summed E-state index contributed by atoms with van der Waals surface area (Å²) >= 11 is 0. The number of aromatic nitrogens is 2. The fourth-order valence-electron chi connectivity index (χ4n) is 4.57. The molecule has 0 aliphatic carbocycles. The predicted molar refractivity (Wildman–Crippen MR) is 123 cm³/mol. The fraction of sp³-hybridized carbons (Fsp3) is 0.400. The maximum atomic E-state index is 12.5. The molecule has 1 aliphatic rings. The lowest BCUT2D eigenvalue weighted by Crippen LogP contribution is -2.38. The standard InChI is InChI=1S/C25H30N4O2/c1-18-11-19(2)15-28(14-18)16-21-9-7-20(8-10-21)12-26-24(30)17-29-25(31)23-6-4-3-5-22(23)13-27-29/h3-10,13,18-19H,11-12,14-17H2,1-2H3,(H,26,30)/t18-,19+. The van der Waals surface area contributed by atoms with Crippen LogP contribution in [0.15, 0.2) is 59.5 Å². The molecule has 1 aromatic heterocycles. The van der Waals surface area contributed by atoms with Gasteiger partial charge in [0.25, 0.3) is 5.56 Å². The summed E-state index contributed by atoms with van der Waals surface area (Å²) < 4.78 is 1.21. The lowest BCUT2D eigenvalue weighted by atomic mass is 9.91. The number of hydrogen-bond donors (Lipinski definition) is 1. The van der Waals surface area contributed by atoms with Crippen LogP contribution < -0.4 is 10.9 Å². The van der Waals surface area contributed by atoms with Gasteiger partial charge in [-0.25, -0.2) is 4.68 Å². The quantitative estimate of drug-likeness (QED) is 0.668. The van der Waals surface area contributed by atoms with Gasteiger partial charge in [0.1, 0.15) is 6.54 Å². The predicted octanol–water partition coefficient (Wildman–Crippen LogP) is 3.19. The van der Waals surface area contributed by atoms with E-state index in [0.29, 0.717) is 11.9 Å². The summed E-state index contributed by atoms with van der Waals surface area (Å²) in [6.07, 6.45) is 2.93. The zero-order chi connectivity index (χ0) is 21.8. The molecule has 2 heterocycles.